The van der Waals surface area contributed by atoms with Gasteiger partial charge in [-0.15, -0.1) is 0 Å². The van der Waals surface area contributed by atoms with Gasteiger partial charge >= 0.3 is 5.97 Å². The van der Waals surface area contributed by atoms with Crippen LogP contribution in [0.5, 0.6) is 5.75 Å². The van der Waals surface area contributed by atoms with Gasteiger partial charge in [-0.25, -0.2) is 4.79 Å². The van der Waals surface area contributed by atoms with E-state index in [1.54, 1.807) is 6.92 Å². The lowest BCUT2D eigenvalue weighted by molar-refractivity contribution is -0.385. The maximum atomic E-state index is 11.0. The molecule has 0 radical (unpaired) electrons. The van der Waals surface area contributed by atoms with E-state index in [1.165, 1.54) is 24.3 Å². The third kappa shape index (κ3) is 3.60. The summed E-state index contributed by atoms with van der Waals surface area (Å²) < 4.78 is 4.64. The average Bonchev–Trinajstić information content (AvgIpc) is 2.26. The minimum Gasteiger partial charge on any atom is -0.508 e. The normalized spacial score (nSPS) is 10.4. The van der Waals surface area contributed by atoms with E-state index in [-0.39, 0.29) is 23.6 Å². The number of ether oxygens (including phenoxy) is 1. The van der Waals surface area contributed by atoms with Crippen LogP contribution in [-0.2, 0) is 9.53 Å². The molecule has 0 heterocycles. The van der Waals surface area contributed by atoms with E-state index >= 15 is 0 Å². The molecule has 0 aliphatic rings. The van der Waals surface area contributed by atoms with Gasteiger partial charge in [-0.05, 0) is 25.1 Å². The van der Waals surface area contributed by atoms with Crippen molar-refractivity contribution in [2.45, 2.75) is 6.92 Å². The summed E-state index contributed by atoms with van der Waals surface area (Å²) in [6.45, 7) is 1.88. The lowest BCUT2D eigenvalue weighted by Gasteiger charge is -1.99. The molecule has 1 rings (SSSR count). The van der Waals surface area contributed by atoms with Crippen molar-refractivity contribution in [2.24, 2.45) is 0 Å². The zero-order chi connectivity index (χ0) is 12.8. The van der Waals surface area contributed by atoms with Crippen LogP contribution in [0.25, 0.3) is 6.08 Å². The molecule has 1 aromatic rings. The smallest absolute Gasteiger partial charge is 0.330 e. The van der Waals surface area contributed by atoms with E-state index in [2.05, 4.69) is 4.74 Å². The molecule has 0 aliphatic heterocycles. The monoisotopic (exact) mass is 237 g/mol. The van der Waals surface area contributed by atoms with Crippen LogP contribution >= 0.6 is 0 Å². The Balaban J connectivity index is 3.00. The van der Waals surface area contributed by atoms with Gasteiger partial charge in [0.05, 0.1) is 17.1 Å². The molecule has 0 saturated carbocycles. The van der Waals surface area contributed by atoms with Gasteiger partial charge in [0, 0.05) is 12.1 Å². The van der Waals surface area contributed by atoms with E-state index in [1.807, 2.05) is 0 Å². The summed E-state index contributed by atoms with van der Waals surface area (Å²) in [5.41, 5.74) is -0.0496. The van der Waals surface area contributed by atoms with Crippen molar-refractivity contribution in [2.75, 3.05) is 6.61 Å². The highest BCUT2D eigenvalue weighted by atomic mass is 16.6. The first kappa shape index (κ1) is 12.7. The largest absolute Gasteiger partial charge is 0.508 e. The fraction of sp³-hybridized carbons (Fsp3) is 0.182. The zero-order valence-electron chi connectivity index (χ0n) is 9.12. The quantitative estimate of drug-likeness (QED) is 0.373. The summed E-state index contributed by atoms with van der Waals surface area (Å²) in [6.07, 6.45) is 2.31. The van der Waals surface area contributed by atoms with Gasteiger partial charge in [0.15, 0.2) is 0 Å². The van der Waals surface area contributed by atoms with Crippen LogP contribution in [0.15, 0.2) is 24.3 Å². The fourth-order valence-corrected chi connectivity index (χ4v) is 1.19. The average molecular weight is 237 g/mol. The molecule has 0 aromatic heterocycles. The van der Waals surface area contributed by atoms with Crippen molar-refractivity contribution in [3.8, 4) is 5.75 Å². The molecule has 0 fully saturated rings. The highest BCUT2D eigenvalue weighted by molar-refractivity contribution is 5.88. The molecular formula is C11H11NO5. The first-order valence-corrected chi connectivity index (χ1v) is 4.87. The molecule has 0 saturated heterocycles. The predicted octanol–water partition coefficient (Wildman–Crippen LogP) is 1.88. The number of nitro benzene ring substituents is 1. The topological polar surface area (TPSA) is 89.7 Å². The number of carbonyl (C=O) groups excluding carboxylic acids is 1. The summed E-state index contributed by atoms with van der Waals surface area (Å²) in [6, 6.07) is 3.58. The van der Waals surface area contributed by atoms with Crippen molar-refractivity contribution in [1.82, 2.24) is 0 Å². The van der Waals surface area contributed by atoms with Gasteiger partial charge in [0.25, 0.3) is 5.69 Å². The minimum absolute atomic E-state index is 0.112. The minimum atomic E-state index is -0.593. The Hall–Kier alpha value is -2.37. The number of esters is 1. The molecule has 6 nitrogen and oxygen atoms in total. The van der Waals surface area contributed by atoms with Gasteiger partial charge in [-0.2, -0.15) is 0 Å². The SMILES string of the molecule is CCOC(=O)C=Cc1cc(O)ccc1[N+](=O)[O-]. The van der Waals surface area contributed by atoms with Crippen LogP contribution in [0.1, 0.15) is 12.5 Å². The van der Waals surface area contributed by atoms with Gasteiger partial charge in [-0.1, -0.05) is 0 Å². The number of benzene rings is 1. The van der Waals surface area contributed by atoms with Crippen molar-refractivity contribution in [3.63, 3.8) is 0 Å². The summed E-state index contributed by atoms with van der Waals surface area (Å²) in [5, 5.41) is 19.9. The number of hydrogen-bond acceptors (Lipinski definition) is 5. The Morgan fingerprint density at radius 1 is 1.59 bits per heavy atom. The fourth-order valence-electron chi connectivity index (χ4n) is 1.19. The van der Waals surface area contributed by atoms with E-state index in [0.29, 0.717) is 0 Å². The maximum absolute atomic E-state index is 11.0. The number of carbonyl (C=O) groups is 1. The third-order valence-electron chi connectivity index (χ3n) is 1.89. The van der Waals surface area contributed by atoms with Crippen LogP contribution in [0, 0.1) is 10.1 Å². The highest BCUT2D eigenvalue weighted by Gasteiger charge is 2.11. The van der Waals surface area contributed by atoms with Crippen molar-refractivity contribution < 1.29 is 19.6 Å². The van der Waals surface area contributed by atoms with Crippen LogP contribution in [0.3, 0.4) is 0 Å². The zero-order valence-corrected chi connectivity index (χ0v) is 9.12. The Morgan fingerprint density at radius 2 is 2.29 bits per heavy atom. The second kappa shape index (κ2) is 5.64. The predicted molar refractivity (Wildman–Crippen MR) is 60.4 cm³/mol. The molecule has 0 unspecified atom stereocenters. The van der Waals surface area contributed by atoms with Gasteiger partial charge in [-0.3, -0.25) is 10.1 Å². The molecule has 1 aromatic carbocycles. The Labute approximate surface area is 97.3 Å². The van der Waals surface area contributed by atoms with E-state index in [4.69, 9.17) is 0 Å². The van der Waals surface area contributed by atoms with E-state index < -0.39 is 10.9 Å². The molecule has 0 atom stereocenters. The molecular weight excluding hydrogens is 226 g/mol. The van der Waals surface area contributed by atoms with Crippen molar-refractivity contribution in [3.05, 3.63) is 40.0 Å². The van der Waals surface area contributed by atoms with Crippen LogP contribution < -0.4 is 0 Å². The lowest BCUT2D eigenvalue weighted by Crippen LogP contribution is -1.99. The second-order valence-corrected chi connectivity index (χ2v) is 3.09. The van der Waals surface area contributed by atoms with E-state index in [9.17, 15) is 20.0 Å². The second-order valence-electron chi connectivity index (χ2n) is 3.09. The Bertz CT molecular complexity index is 467. The van der Waals surface area contributed by atoms with Crippen LogP contribution in [-0.4, -0.2) is 22.6 Å². The molecule has 90 valence electrons. The van der Waals surface area contributed by atoms with E-state index in [0.717, 1.165) is 6.08 Å². The highest BCUT2D eigenvalue weighted by Crippen LogP contribution is 2.24. The number of nitro groups is 1. The molecule has 17 heavy (non-hydrogen) atoms. The molecule has 0 aliphatic carbocycles. The third-order valence-corrected chi connectivity index (χ3v) is 1.89. The first-order valence-electron chi connectivity index (χ1n) is 4.87. The van der Waals surface area contributed by atoms with Crippen molar-refractivity contribution in [1.29, 1.82) is 0 Å². The molecule has 6 heteroatoms. The summed E-state index contributed by atoms with van der Waals surface area (Å²) in [5.74, 6) is -0.704. The maximum Gasteiger partial charge on any atom is 0.330 e. The van der Waals surface area contributed by atoms with Crippen LogP contribution in [0.2, 0.25) is 0 Å². The van der Waals surface area contributed by atoms with Gasteiger partial charge < -0.3 is 9.84 Å². The summed E-state index contributed by atoms with van der Waals surface area (Å²) >= 11 is 0. The van der Waals surface area contributed by atoms with Gasteiger partial charge in [0.2, 0.25) is 0 Å². The summed E-state index contributed by atoms with van der Waals surface area (Å²) in [7, 11) is 0. The Morgan fingerprint density at radius 3 is 2.88 bits per heavy atom. The lowest BCUT2D eigenvalue weighted by atomic mass is 10.1. The molecule has 1 N–H and O–H groups in total. The summed E-state index contributed by atoms with van der Waals surface area (Å²) in [4.78, 5) is 21.1. The number of phenols is 1. The first-order chi connectivity index (χ1) is 8.04. The van der Waals surface area contributed by atoms with Crippen LogP contribution in [0.4, 0.5) is 5.69 Å². The number of rotatable bonds is 4. The molecule has 0 bridgehead atoms. The molecule has 0 amide bonds. The number of hydrogen-bond donors (Lipinski definition) is 1. The number of nitrogens with zero attached hydrogens (tertiary/aromatic N) is 1. The standard InChI is InChI=1S/C11H11NO5/c1-2-17-11(14)6-3-8-7-9(13)4-5-10(8)12(15)16/h3-7,13H,2H2,1H3. The number of phenolic OH excluding ortho intramolecular Hbond substituents is 1. The van der Waals surface area contributed by atoms with Gasteiger partial charge in [0.1, 0.15) is 5.75 Å². The van der Waals surface area contributed by atoms with Crippen molar-refractivity contribution >= 4 is 17.7 Å². The molecule has 0 spiro atoms. The Kier molecular flexibility index (Phi) is 4.21. The number of aromatic hydroxyl groups is 1.